The average molecular weight is 180 g/mol. The normalized spacial score (nSPS) is 23.7. The van der Waals surface area contributed by atoms with Crippen molar-refractivity contribution in [3.63, 3.8) is 0 Å². The molecule has 2 rings (SSSR count). The quantitative estimate of drug-likeness (QED) is 0.659. The maximum Gasteiger partial charge on any atom is 0.221 e. The van der Waals surface area contributed by atoms with E-state index in [4.69, 9.17) is 4.42 Å². The molecular weight excluding hydrogens is 168 g/mol. The molecule has 4 heteroatoms. The van der Waals surface area contributed by atoms with Crippen molar-refractivity contribution in [1.82, 2.24) is 10.6 Å². The van der Waals surface area contributed by atoms with E-state index in [9.17, 15) is 4.79 Å². The fourth-order valence-electron chi connectivity index (χ4n) is 1.43. The van der Waals surface area contributed by atoms with E-state index < -0.39 is 0 Å². The Morgan fingerprint density at radius 2 is 2.46 bits per heavy atom. The van der Waals surface area contributed by atoms with Gasteiger partial charge in [-0.25, -0.2) is 0 Å². The van der Waals surface area contributed by atoms with Crippen LogP contribution < -0.4 is 10.6 Å². The predicted octanol–water partition coefficient (Wildman–Crippen LogP) is 0.430. The van der Waals surface area contributed by atoms with Crippen molar-refractivity contribution in [3.8, 4) is 0 Å². The Morgan fingerprint density at radius 1 is 1.54 bits per heavy atom. The summed E-state index contributed by atoms with van der Waals surface area (Å²) in [5.74, 6) is 0.883. The molecule has 13 heavy (non-hydrogen) atoms. The molecule has 1 fully saturated rings. The molecule has 1 saturated heterocycles. The molecule has 1 atom stereocenters. The molecule has 0 aliphatic carbocycles. The van der Waals surface area contributed by atoms with Gasteiger partial charge in [0.2, 0.25) is 5.91 Å². The predicted molar refractivity (Wildman–Crippen MR) is 47.1 cm³/mol. The second-order valence-corrected chi connectivity index (χ2v) is 3.09. The van der Waals surface area contributed by atoms with Gasteiger partial charge >= 0.3 is 0 Å². The molecule has 1 amide bonds. The van der Waals surface area contributed by atoms with E-state index in [0.29, 0.717) is 6.42 Å². The number of furan rings is 1. The fraction of sp³-hybridized carbons (Fsp3) is 0.444. The van der Waals surface area contributed by atoms with Crippen molar-refractivity contribution in [2.45, 2.75) is 12.5 Å². The van der Waals surface area contributed by atoms with Crippen LogP contribution in [0.4, 0.5) is 0 Å². The first-order chi connectivity index (χ1) is 6.36. The van der Waals surface area contributed by atoms with Crippen molar-refractivity contribution >= 4 is 5.91 Å². The maximum atomic E-state index is 11.2. The van der Waals surface area contributed by atoms with E-state index in [1.54, 1.807) is 6.26 Å². The zero-order valence-electron chi connectivity index (χ0n) is 7.25. The summed E-state index contributed by atoms with van der Waals surface area (Å²) in [6.07, 6.45) is 2.16. The minimum atomic E-state index is -0.0231. The van der Waals surface area contributed by atoms with Gasteiger partial charge in [0.1, 0.15) is 5.76 Å². The summed E-state index contributed by atoms with van der Waals surface area (Å²) in [6.45, 7) is 1.47. The molecule has 70 valence electrons. The Labute approximate surface area is 76.3 Å². The van der Waals surface area contributed by atoms with Gasteiger partial charge < -0.3 is 15.1 Å². The summed E-state index contributed by atoms with van der Waals surface area (Å²) in [4.78, 5) is 11.2. The zero-order valence-corrected chi connectivity index (χ0v) is 7.25. The van der Waals surface area contributed by atoms with Crippen molar-refractivity contribution in [2.24, 2.45) is 0 Å². The molecule has 2 N–H and O–H groups in total. The lowest BCUT2D eigenvalue weighted by Crippen LogP contribution is -2.29. The molecule has 0 bridgehead atoms. The van der Waals surface area contributed by atoms with E-state index in [0.717, 1.165) is 18.8 Å². The van der Waals surface area contributed by atoms with Crippen LogP contribution in [0.1, 0.15) is 18.2 Å². The first-order valence-corrected chi connectivity index (χ1v) is 4.40. The van der Waals surface area contributed by atoms with Crippen LogP contribution in [-0.2, 0) is 4.79 Å². The standard InChI is InChI=1S/C9H12N2O2/c12-9-3-4-10-6-7(11-9)8-2-1-5-13-8/h1-2,5,7,10H,3-4,6H2,(H,11,12). The molecule has 0 spiro atoms. The molecule has 1 aromatic heterocycles. The number of hydrogen-bond donors (Lipinski definition) is 2. The lowest BCUT2D eigenvalue weighted by molar-refractivity contribution is -0.121. The van der Waals surface area contributed by atoms with Gasteiger partial charge in [0.05, 0.1) is 12.3 Å². The summed E-state index contributed by atoms with van der Waals surface area (Å²) in [7, 11) is 0. The van der Waals surface area contributed by atoms with E-state index in [-0.39, 0.29) is 11.9 Å². The Balaban J connectivity index is 2.09. The van der Waals surface area contributed by atoms with Crippen LogP contribution in [0.25, 0.3) is 0 Å². The summed E-state index contributed by atoms with van der Waals surface area (Å²) >= 11 is 0. The minimum Gasteiger partial charge on any atom is -0.467 e. The smallest absolute Gasteiger partial charge is 0.221 e. The highest BCUT2D eigenvalue weighted by Crippen LogP contribution is 2.13. The van der Waals surface area contributed by atoms with Crippen LogP contribution in [0.15, 0.2) is 22.8 Å². The average Bonchev–Trinajstić information content (AvgIpc) is 2.56. The lowest BCUT2D eigenvalue weighted by Gasteiger charge is -2.12. The molecular formula is C9H12N2O2. The van der Waals surface area contributed by atoms with E-state index in [1.165, 1.54) is 0 Å². The van der Waals surface area contributed by atoms with Crippen LogP contribution >= 0.6 is 0 Å². The number of nitrogens with one attached hydrogen (secondary N) is 2. The van der Waals surface area contributed by atoms with Crippen LogP contribution in [0.3, 0.4) is 0 Å². The number of rotatable bonds is 1. The molecule has 4 nitrogen and oxygen atoms in total. The van der Waals surface area contributed by atoms with Crippen LogP contribution in [-0.4, -0.2) is 19.0 Å². The molecule has 1 unspecified atom stereocenters. The molecule has 0 radical (unpaired) electrons. The van der Waals surface area contributed by atoms with Crippen molar-refractivity contribution in [3.05, 3.63) is 24.2 Å². The minimum absolute atomic E-state index is 0.0231. The second-order valence-electron chi connectivity index (χ2n) is 3.09. The van der Waals surface area contributed by atoms with Gasteiger partial charge in [-0.05, 0) is 12.1 Å². The van der Waals surface area contributed by atoms with E-state index in [1.807, 2.05) is 12.1 Å². The third-order valence-corrected chi connectivity index (χ3v) is 2.10. The topological polar surface area (TPSA) is 54.3 Å². The monoisotopic (exact) mass is 180 g/mol. The van der Waals surface area contributed by atoms with E-state index >= 15 is 0 Å². The van der Waals surface area contributed by atoms with Crippen LogP contribution in [0.5, 0.6) is 0 Å². The summed E-state index contributed by atoms with van der Waals surface area (Å²) < 4.78 is 5.22. The van der Waals surface area contributed by atoms with E-state index in [2.05, 4.69) is 10.6 Å². The van der Waals surface area contributed by atoms with Gasteiger partial charge in [0, 0.05) is 19.5 Å². The fourth-order valence-corrected chi connectivity index (χ4v) is 1.43. The highest BCUT2D eigenvalue weighted by Gasteiger charge is 2.19. The zero-order chi connectivity index (χ0) is 9.10. The number of amides is 1. The van der Waals surface area contributed by atoms with Crippen molar-refractivity contribution in [1.29, 1.82) is 0 Å². The second kappa shape index (κ2) is 3.62. The summed E-state index contributed by atoms with van der Waals surface area (Å²) in [5.41, 5.74) is 0. The molecule has 1 aliphatic rings. The van der Waals surface area contributed by atoms with Gasteiger partial charge in [-0.1, -0.05) is 0 Å². The highest BCUT2D eigenvalue weighted by molar-refractivity contribution is 5.76. The first-order valence-electron chi connectivity index (χ1n) is 4.40. The molecule has 0 aromatic carbocycles. The molecule has 1 aliphatic heterocycles. The third kappa shape index (κ3) is 1.89. The lowest BCUT2D eigenvalue weighted by atomic mass is 10.2. The number of carbonyl (C=O) groups is 1. The van der Waals surface area contributed by atoms with Gasteiger partial charge in [-0.15, -0.1) is 0 Å². The SMILES string of the molecule is O=C1CCNCC(c2ccco2)N1. The third-order valence-electron chi connectivity index (χ3n) is 2.10. The Bertz CT molecular complexity index is 282. The molecule has 2 heterocycles. The van der Waals surface area contributed by atoms with Crippen LogP contribution in [0, 0.1) is 0 Å². The summed E-state index contributed by atoms with van der Waals surface area (Å²) in [6, 6.07) is 3.68. The molecule has 1 aromatic rings. The summed E-state index contributed by atoms with van der Waals surface area (Å²) in [5, 5.41) is 6.06. The van der Waals surface area contributed by atoms with Gasteiger partial charge in [-0.3, -0.25) is 4.79 Å². The van der Waals surface area contributed by atoms with Gasteiger partial charge in [0.25, 0.3) is 0 Å². The largest absolute Gasteiger partial charge is 0.467 e. The first kappa shape index (κ1) is 8.31. The number of hydrogen-bond acceptors (Lipinski definition) is 3. The Hall–Kier alpha value is -1.29. The van der Waals surface area contributed by atoms with Crippen molar-refractivity contribution in [2.75, 3.05) is 13.1 Å². The van der Waals surface area contributed by atoms with Crippen LogP contribution in [0.2, 0.25) is 0 Å². The maximum absolute atomic E-state index is 11.2. The van der Waals surface area contributed by atoms with Gasteiger partial charge in [0.15, 0.2) is 0 Å². The number of carbonyl (C=O) groups excluding carboxylic acids is 1. The molecule has 0 saturated carbocycles. The van der Waals surface area contributed by atoms with Gasteiger partial charge in [-0.2, -0.15) is 0 Å². The Morgan fingerprint density at radius 3 is 3.23 bits per heavy atom. The highest BCUT2D eigenvalue weighted by atomic mass is 16.3. The Kier molecular flexibility index (Phi) is 2.31. The van der Waals surface area contributed by atoms with Crippen molar-refractivity contribution < 1.29 is 9.21 Å².